The zero-order chi connectivity index (χ0) is 21.2. The van der Waals surface area contributed by atoms with Crippen LogP contribution < -0.4 is 4.74 Å². The molecule has 148 valence electrons. The minimum atomic E-state index is -5.06. The minimum absolute atomic E-state index is 0.126. The molecule has 5 nitrogen and oxygen atoms in total. The fourth-order valence-corrected chi connectivity index (χ4v) is 3.98. The molecule has 0 aliphatic carbocycles. The molecule has 0 fully saturated rings. The van der Waals surface area contributed by atoms with Crippen LogP contribution in [0.5, 0.6) is 5.75 Å². The maximum atomic E-state index is 14.1. The van der Waals surface area contributed by atoms with Gasteiger partial charge < -0.3 is 4.74 Å². The van der Waals surface area contributed by atoms with Crippen molar-refractivity contribution in [3.63, 3.8) is 0 Å². The molecule has 2 aromatic carbocycles. The number of carbonyl (C=O) groups is 1. The number of sulfone groups is 1. The lowest BCUT2D eigenvalue weighted by Crippen LogP contribution is -2.39. The fraction of sp³-hybridized carbons (Fsp3) is 0.222. The molecule has 0 aliphatic rings. The van der Waals surface area contributed by atoms with Crippen LogP contribution in [0.4, 0.5) is 13.2 Å². The molecule has 0 radical (unpaired) electrons. The molecular formula is C18H13ClF3NO4S. The van der Waals surface area contributed by atoms with E-state index in [-0.39, 0.29) is 16.8 Å². The van der Waals surface area contributed by atoms with Gasteiger partial charge in [0, 0.05) is 10.6 Å². The van der Waals surface area contributed by atoms with Crippen LogP contribution in [0, 0.1) is 35.7 Å². The van der Waals surface area contributed by atoms with Gasteiger partial charge in [0.1, 0.15) is 16.5 Å². The van der Waals surface area contributed by atoms with Gasteiger partial charge in [-0.1, -0.05) is 17.7 Å². The summed E-state index contributed by atoms with van der Waals surface area (Å²) in [5.74, 6) is -6.02. The molecule has 0 aliphatic heterocycles. The Morgan fingerprint density at radius 2 is 1.86 bits per heavy atom. The van der Waals surface area contributed by atoms with Crippen LogP contribution in [0.2, 0.25) is 5.02 Å². The Morgan fingerprint density at radius 3 is 2.43 bits per heavy atom. The largest absolute Gasteiger partial charge is 0.483 e. The lowest BCUT2D eigenvalue weighted by atomic mass is 10.2. The average Bonchev–Trinajstić information content (AvgIpc) is 2.63. The van der Waals surface area contributed by atoms with Crippen molar-refractivity contribution in [3.05, 3.63) is 58.4 Å². The predicted octanol–water partition coefficient (Wildman–Crippen LogP) is 3.77. The van der Waals surface area contributed by atoms with E-state index in [4.69, 9.17) is 16.3 Å². The highest BCUT2D eigenvalue weighted by molar-refractivity contribution is 7.93. The van der Waals surface area contributed by atoms with Crippen LogP contribution in [-0.2, 0) is 14.6 Å². The number of Topliss-reactive ketones (excluding diaryl/α,β-unsaturated/α-hetero) is 1. The summed E-state index contributed by atoms with van der Waals surface area (Å²) in [4.78, 5) is 11.0. The second kappa shape index (κ2) is 8.20. The molecule has 0 amide bonds. The molecule has 10 heteroatoms. The quantitative estimate of drug-likeness (QED) is 0.650. The molecule has 0 saturated carbocycles. The Hall–Kier alpha value is -2.57. The zero-order valence-corrected chi connectivity index (χ0v) is 16.1. The first-order valence-electron chi connectivity index (χ1n) is 7.74. The van der Waals surface area contributed by atoms with Gasteiger partial charge in [0.25, 0.3) is 0 Å². The van der Waals surface area contributed by atoms with Crippen LogP contribution >= 0.6 is 11.6 Å². The number of ether oxygens (including phenoxy) is 1. The van der Waals surface area contributed by atoms with Gasteiger partial charge in [-0.2, -0.15) is 5.26 Å². The Morgan fingerprint density at radius 1 is 1.21 bits per heavy atom. The van der Waals surface area contributed by atoms with Crippen molar-refractivity contribution in [2.45, 2.75) is 30.1 Å². The topological polar surface area (TPSA) is 84.2 Å². The van der Waals surface area contributed by atoms with Gasteiger partial charge in [0.15, 0.2) is 17.7 Å². The minimum Gasteiger partial charge on any atom is -0.483 e. The monoisotopic (exact) mass is 431 g/mol. The van der Waals surface area contributed by atoms with Crippen LogP contribution in [0.15, 0.2) is 35.2 Å². The number of halogens is 4. The molecule has 2 atom stereocenters. The van der Waals surface area contributed by atoms with E-state index >= 15 is 0 Å². The van der Waals surface area contributed by atoms with Crippen LogP contribution in [0.1, 0.15) is 12.5 Å². The lowest BCUT2D eigenvalue weighted by Gasteiger charge is -2.18. The van der Waals surface area contributed by atoms with E-state index in [0.717, 1.165) is 6.92 Å². The Balaban J connectivity index is 2.41. The number of nitriles is 1. The molecule has 0 saturated heterocycles. The summed E-state index contributed by atoms with van der Waals surface area (Å²) >= 11 is 5.78. The molecule has 2 rings (SSSR count). The summed E-state index contributed by atoms with van der Waals surface area (Å²) in [6.07, 6.45) is -1.44. The highest BCUT2D eigenvalue weighted by Crippen LogP contribution is 2.27. The Bertz CT molecular complexity index is 1080. The number of carbonyl (C=O) groups excluding carboxylic acids is 1. The first-order chi connectivity index (χ1) is 13.0. The number of ketones is 1. The molecule has 2 unspecified atom stereocenters. The highest BCUT2D eigenvalue weighted by Gasteiger charge is 2.40. The molecule has 28 heavy (non-hydrogen) atoms. The van der Waals surface area contributed by atoms with Gasteiger partial charge in [0.2, 0.25) is 20.9 Å². The van der Waals surface area contributed by atoms with E-state index in [9.17, 15) is 31.6 Å². The third-order valence-electron chi connectivity index (χ3n) is 3.86. The van der Waals surface area contributed by atoms with Crippen LogP contribution in [0.25, 0.3) is 0 Å². The summed E-state index contributed by atoms with van der Waals surface area (Å²) in [5.41, 5.74) is -0.728. The number of nitrogens with zero attached hydrogens (tertiary/aromatic N) is 1. The zero-order valence-electron chi connectivity index (χ0n) is 14.5. The van der Waals surface area contributed by atoms with Crippen molar-refractivity contribution in [1.29, 1.82) is 5.26 Å². The molecule has 0 heterocycles. The number of hydrogen-bond donors (Lipinski definition) is 0. The second-order valence-electron chi connectivity index (χ2n) is 5.78. The van der Waals surface area contributed by atoms with Crippen molar-refractivity contribution in [3.8, 4) is 11.8 Å². The Labute approximate surface area is 164 Å². The second-order valence-corrected chi connectivity index (χ2v) is 8.22. The molecule has 2 aromatic rings. The molecule has 0 N–H and O–H groups in total. The van der Waals surface area contributed by atoms with Gasteiger partial charge >= 0.3 is 0 Å². The SMILES string of the molecule is Cc1c(F)cc(S(=O)(=O)C(C#N)C(=O)C(C)Oc2cccc(Cl)c2)c(F)c1F. The maximum Gasteiger partial charge on any atom is 0.214 e. The summed E-state index contributed by atoms with van der Waals surface area (Å²) in [7, 11) is -5.06. The van der Waals surface area contributed by atoms with Crippen molar-refractivity contribution < 1.29 is 31.1 Å². The normalized spacial score (nSPS) is 13.5. The standard InChI is InChI=1S/C18H13ClF3NO4S/c1-9-13(20)7-14(17(22)16(9)21)28(25,26)15(8-23)18(24)10(2)27-12-5-3-4-11(19)6-12/h3-7,10,15H,1-2H3. The van der Waals surface area contributed by atoms with E-state index in [1.54, 1.807) is 0 Å². The smallest absolute Gasteiger partial charge is 0.214 e. The van der Waals surface area contributed by atoms with Crippen molar-refractivity contribution in [2.24, 2.45) is 0 Å². The van der Waals surface area contributed by atoms with E-state index < -0.39 is 54.9 Å². The number of benzene rings is 2. The van der Waals surface area contributed by atoms with E-state index in [1.165, 1.54) is 37.3 Å². The maximum absolute atomic E-state index is 14.1. The molecular weight excluding hydrogens is 419 g/mol. The summed E-state index contributed by atoms with van der Waals surface area (Å²) in [6, 6.07) is 7.33. The highest BCUT2D eigenvalue weighted by atomic mass is 35.5. The number of rotatable bonds is 6. The molecule has 0 bridgehead atoms. The Kier molecular flexibility index (Phi) is 6.37. The van der Waals surface area contributed by atoms with Gasteiger partial charge in [-0.3, -0.25) is 4.79 Å². The first kappa shape index (κ1) is 21.7. The summed E-state index contributed by atoms with van der Waals surface area (Å²) in [6.45, 7) is 2.09. The van der Waals surface area contributed by atoms with Gasteiger partial charge in [-0.15, -0.1) is 0 Å². The summed E-state index contributed by atoms with van der Waals surface area (Å²) < 4.78 is 72.0. The van der Waals surface area contributed by atoms with E-state index in [0.29, 0.717) is 0 Å². The fourth-order valence-electron chi connectivity index (χ4n) is 2.30. The van der Waals surface area contributed by atoms with Gasteiger partial charge in [-0.25, -0.2) is 21.6 Å². The van der Waals surface area contributed by atoms with E-state index in [1.807, 2.05) is 0 Å². The molecule has 0 spiro atoms. The van der Waals surface area contributed by atoms with Gasteiger partial charge in [0.05, 0.1) is 6.07 Å². The first-order valence-corrected chi connectivity index (χ1v) is 9.66. The number of hydrogen-bond acceptors (Lipinski definition) is 5. The van der Waals surface area contributed by atoms with Crippen LogP contribution in [0.3, 0.4) is 0 Å². The van der Waals surface area contributed by atoms with Crippen molar-refractivity contribution >= 4 is 27.2 Å². The average molecular weight is 432 g/mol. The van der Waals surface area contributed by atoms with Crippen LogP contribution in [-0.4, -0.2) is 25.6 Å². The van der Waals surface area contributed by atoms with E-state index in [2.05, 4.69) is 0 Å². The third kappa shape index (κ3) is 4.13. The third-order valence-corrected chi connectivity index (χ3v) is 5.96. The molecule has 0 aromatic heterocycles. The van der Waals surface area contributed by atoms with Gasteiger partial charge in [-0.05, 0) is 38.1 Å². The lowest BCUT2D eigenvalue weighted by molar-refractivity contribution is -0.123. The van der Waals surface area contributed by atoms with Crippen molar-refractivity contribution in [1.82, 2.24) is 0 Å². The summed E-state index contributed by atoms with van der Waals surface area (Å²) in [5, 5.41) is 7.05. The van der Waals surface area contributed by atoms with Crippen molar-refractivity contribution in [2.75, 3.05) is 0 Å². The predicted molar refractivity (Wildman–Crippen MR) is 94.2 cm³/mol.